The third kappa shape index (κ3) is 3.10. The molecule has 2 aromatic rings. The topological polar surface area (TPSA) is 24.9 Å². The van der Waals surface area contributed by atoms with Gasteiger partial charge in [-0.05, 0) is 58.1 Å². The summed E-state index contributed by atoms with van der Waals surface area (Å²) < 4.78 is 1.03. The van der Waals surface area contributed by atoms with Gasteiger partial charge in [-0.1, -0.05) is 26.0 Å². The van der Waals surface area contributed by atoms with Crippen molar-refractivity contribution in [3.8, 4) is 0 Å². The molecule has 0 bridgehead atoms. The van der Waals surface area contributed by atoms with Crippen molar-refractivity contribution >= 4 is 27.4 Å². The second kappa shape index (κ2) is 5.53. The molecule has 1 heterocycles. The molecule has 94 valence electrons. The highest BCUT2D eigenvalue weighted by Gasteiger charge is 2.01. The van der Waals surface area contributed by atoms with Crippen LogP contribution in [0.1, 0.15) is 30.9 Å². The van der Waals surface area contributed by atoms with Crippen LogP contribution < -0.4 is 5.32 Å². The van der Waals surface area contributed by atoms with Gasteiger partial charge in [0, 0.05) is 16.4 Å². The summed E-state index contributed by atoms with van der Waals surface area (Å²) in [6.45, 7) is 6.45. The molecule has 0 saturated carbocycles. The molecule has 0 radical (unpaired) electrons. The number of halogens is 1. The minimum Gasteiger partial charge on any atom is -0.340 e. The third-order valence-electron chi connectivity index (χ3n) is 2.90. The van der Waals surface area contributed by atoms with Gasteiger partial charge in [0.15, 0.2) is 0 Å². The van der Waals surface area contributed by atoms with E-state index in [1.807, 2.05) is 12.3 Å². The first-order chi connectivity index (χ1) is 8.56. The van der Waals surface area contributed by atoms with Gasteiger partial charge in [-0.2, -0.15) is 0 Å². The van der Waals surface area contributed by atoms with Crippen LogP contribution in [-0.2, 0) is 0 Å². The quantitative estimate of drug-likeness (QED) is 0.861. The highest BCUT2D eigenvalue weighted by molar-refractivity contribution is 9.10. The van der Waals surface area contributed by atoms with Crippen LogP contribution in [0, 0.1) is 6.92 Å². The second-order valence-corrected chi connectivity index (χ2v) is 5.57. The number of aryl methyl sites for hydroxylation is 1. The number of pyridine rings is 1. The highest BCUT2D eigenvalue weighted by atomic mass is 79.9. The Labute approximate surface area is 117 Å². The molecule has 3 heteroatoms. The highest BCUT2D eigenvalue weighted by Crippen LogP contribution is 2.22. The van der Waals surface area contributed by atoms with Crippen molar-refractivity contribution in [2.24, 2.45) is 0 Å². The van der Waals surface area contributed by atoms with Crippen molar-refractivity contribution in [3.63, 3.8) is 0 Å². The van der Waals surface area contributed by atoms with E-state index < -0.39 is 0 Å². The molecule has 1 aromatic heterocycles. The Balaban J connectivity index is 2.15. The lowest BCUT2D eigenvalue weighted by Crippen LogP contribution is -1.95. The van der Waals surface area contributed by atoms with Crippen molar-refractivity contribution in [3.05, 3.63) is 52.1 Å². The molecule has 0 amide bonds. The summed E-state index contributed by atoms with van der Waals surface area (Å²) in [6, 6.07) is 10.5. The lowest BCUT2D eigenvalue weighted by atomic mass is 10.0. The van der Waals surface area contributed by atoms with Gasteiger partial charge in [0.1, 0.15) is 5.82 Å². The molecule has 0 aliphatic heterocycles. The van der Waals surface area contributed by atoms with E-state index in [4.69, 9.17) is 0 Å². The Morgan fingerprint density at radius 2 is 1.83 bits per heavy atom. The molecule has 2 rings (SSSR count). The van der Waals surface area contributed by atoms with Gasteiger partial charge >= 0.3 is 0 Å². The van der Waals surface area contributed by atoms with Gasteiger partial charge < -0.3 is 5.32 Å². The minimum atomic E-state index is 0.562. The number of hydrogen-bond acceptors (Lipinski definition) is 2. The van der Waals surface area contributed by atoms with Crippen LogP contribution in [0.3, 0.4) is 0 Å². The average Bonchev–Trinajstić information content (AvgIpc) is 2.34. The molecule has 2 nitrogen and oxygen atoms in total. The van der Waals surface area contributed by atoms with E-state index in [0.717, 1.165) is 16.0 Å². The van der Waals surface area contributed by atoms with E-state index in [-0.39, 0.29) is 0 Å². The van der Waals surface area contributed by atoms with Gasteiger partial charge in [0.05, 0.1) is 0 Å². The van der Waals surface area contributed by atoms with Gasteiger partial charge in [0.2, 0.25) is 0 Å². The summed E-state index contributed by atoms with van der Waals surface area (Å²) in [5.74, 6) is 1.43. The third-order valence-corrected chi connectivity index (χ3v) is 3.73. The molecule has 0 fully saturated rings. The number of benzene rings is 1. The van der Waals surface area contributed by atoms with E-state index in [0.29, 0.717) is 5.92 Å². The Kier molecular flexibility index (Phi) is 4.02. The van der Waals surface area contributed by atoms with Gasteiger partial charge in [-0.3, -0.25) is 0 Å². The largest absolute Gasteiger partial charge is 0.340 e. The van der Waals surface area contributed by atoms with E-state index in [9.17, 15) is 0 Å². The van der Waals surface area contributed by atoms with Crippen molar-refractivity contribution in [1.29, 1.82) is 0 Å². The van der Waals surface area contributed by atoms with Gasteiger partial charge in [0.25, 0.3) is 0 Å². The normalized spacial score (nSPS) is 10.7. The standard InChI is InChI=1S/C15H17BrN2/c1-10(2)12-4-6-13(7-5-12)18-15-8-11(3)14(16)9-17-15/h4-10H,1-3H3,(H,17,18). The number of anilines is 2. The molecule has 1 aromatic carbocycles. The molecule has 0 aliphatic rings. The Morgan fingerprint density at radius 1 is 1.17 bits per heavy atom. The summed E-state index contributed by atoms with van der Waals surface area (Å²) in [7, 11) is 0. The van der Waals surface area contributed by atoms with Crippen LogP contribution in [0.5, 0.6) is 0 Å². The summed E-state index contributed by atoms with van der Waals surface area (Å²) >= 11 is 3.45. The maximum absolute atomic E-state index is 4.33. The molecule has 0 saturated heterocycles. The lowest BCUT2D eigenvalue weighted by Gasteiger charge is -2.09. The number of nitrogens with zero attached hydrogens (tertiary/aromatic N) is 1. The van der Waals surface area contributed by atoms with Crippen LogP contribution in [-0.4, -0.2) is 4.98 Å². The average molecular weight is 305 g/mol. The summed E-state index contributed by atoms with van der Waals surface area (Å²) in [4.78, 5) is 4.33. The Bertz CT molecular complexity index is 533. The molecule has 0 atom stereocenters. The first-order valence-electron chi connectivity index (χ1n) is 6.05. The molecule has 1 N–H and O–H groups in total. The van der Waals surface area contributed by atoms with Crippen LogP contribution in [0.25, 0.3) is 0 Å². The Hall–Kier alpha value is -1.35. The zero-order valence-electron chi connectivity index (χ0n) is 10.9. The second-order valence-electron chi connectivity index (χ2n) is 4.72. The summed E-state index contributed by atoms with van der Waals surface area (Å²) in [5.41, 5.74) is 3.58. The minimum absolute atomic E-state index is 0.562. The molecule has 18 heavy (non-hydrogen) atoms. The SMILES string of the molecule is Cc1cc(Nc2ccc(C(C)C)cc2)ncc1Br. The Morgan fingerprint density at radius 3 is 2.39 bits per heavy atom. The fraction of sp³-hybridized carbons (Fsp3) is 0.267. The van der Waals surface area contributed by atoms with Crippen LogP contribution in [0.15, 0.2) is 41.0 Å². The van der Waals surface area contributed by atoms with E-state index in [1.165, 1.54) is 11.1 Å². The maximum Gasteiger partial charge on any atom is 0.130 e. The fourth-order valence-electron chi connectivity index (χ4n) is 1.71. The number of hydrogen-bond donors (Lipinski definition) is 1. The van der Waals surface area contributed by atoms with Crippen LogP contribution in [0.2, 0.25) is 0 Å². The van der Waals surface area contributed by atoms with Crippen LogP contribution >= 0.6 is 15.9 Å². The maximum atomic E-state index is 4.33. The van der Waals surface area contributed by atoms with Crippen LogP contribution in [0.4, 0.5) is 11.5 Å². The molecular formula is C15H17BrN2. The molecule has 0 aliphatic carbocycles. The number of rotatable bonds is 3. The number of aromatic nitrogens is 1. The first kappa shape index (κ1) is 13.1. The zero-order chi connectivity index (χ0) is 13.1. The van der Waals surface area contributed by atoms with Crippen molar-refractivity contribution in [2.75, 3.05) is 5.32 Å². The molecule has 0 spiro atoms. The fourth-order valence-corrected chi connectivity index (χ4v) is 1.92. The van der Waals surface area contributed by atoms with Gasteiger partial charge in [-0.15, -0.1) is 0 Å². The van der Waals surface area contributed by atoms with Gasteiger partial charge in [-0.25, -0.2) is 4.98 Å². The monoisotopic (exact) mass is 304 g/mol. The molecule has 0 unspecified atom stereocenters. The lowest BCUT2D eigenvalue weighted by molar-refractivity contribution is 0.867. The van der Waals surface area contributed by atoms with E-state index in [1.54, 1.807) is 0 Å². The smallest absolute Gasteiger partial charge is 0.130 e. The molecular weight excluding hydrogens is 288 g/mol. The first-order valence-corrected chi connectivity index (χ1v) is 6.84. The van der Waals surface area contributed by atoms with E-state index in [2.05, 4.69) is 71.3 Å². The predicted molar refractivity (Wildman–Crippen MR) is 80.5 cm³/mol. The summed E-state index contributed by atoms with van der Waals surface area (Å²) in [5, 5.41) is 3.31. The number of nitrogens with one attached hydrogen (secondary N) is 1. The van der Waals surface area contributed by atoms with E-state index >= 15 is 0 Å². The summed E-state index contributed by atoms with van der Waals surface area (Å²) in [6.07, 6.45) is 1.82. The van der Waals surface area contributed by atoms with Crippen molar-refractivity contribution in [2.45, 2.75) is 26.7 Å². The predicted octanol–water partition coefficient (Wildman–Crippen LogP) is 5.02. The van der Waals surface area contributed by atoms with Crippen molar-refractivity contribution < 1.29 is 0 Å². The zero-order valence-corrected chi connectivity index (χ0v) is 12.5. The van der Waals surface area contributed by atoms with Crippen molar-refractivity contribution in [1.82, 2.24) is 4.98 Å².